The summed E-state index contributed by atoms with van der Waals surface area (Å²) in [6.07, 6.45) is 2.36. The van der Waals surface area contributed by atoms with Crippen LogP contribution in [-0.2, 0) is 0 Å². The first-order valence-electron chi connectivity index (χ1n) is 7.22. The first-order chi connectivity index (χ1) is 10.5. The molecule has 1 aromatic carbocycles. The van der Waals surface area contributed by atoms with Crippen LogP contribution in [0.25, 0.3) is 0 Å². The first-order valence-corrected chi connectivity index (χ1v) is 7.22. The molecule has 22 heavy (non-hydrogen) atoms. The lowest BCUT2D eigenvalue weighted by atomic mass is 9.93. The summed E-state index contributed by atoms with van der Waals surface area (Å²) in [6.45, 7) is 1.51. The van der Waals surface area contributed by atoms with Gasteiger partial charge in [0.1, 0.15) is 5.56 Å². The lowest BCUT2D eigenvalue weighted by molar-refractivity contribution is 0.0674. The van der Waals surface area contributed by atoms with Crippen LogP contribution in [0.5, 0.6) is 0 Å². The summed E-state index contributed by atoms with van der Waals surface area (Å²) in [5, 5.41) is 3.04. The fourth-order valence-electron chi connectivity index (χ4n) is 2.69. The highest BCUT2D eigenvalue weighted by molar-refractivity contribution is 5.95. The van der Waals surface area contributed by atoms with Crippen LogP contribution in [0.4, 0.5) is 17.6 Å². The van der Waals surface area contributed by atoms with Crippen molar-refractivity contribution in [3.05, 3.63) is 34.9 Å². The number of rotatable bonds is 4. The van der Waals surface area contributed by atoms with Crippen molar-refractivity contribution in [2.24, 2.45) is 5.92 Å². The van der Waals surface area contributed by atoms with Crippen LogP contribution >= 0.6 is 0 Å². The summed E-state index contributed by atoms with van der Waals surface area (Å²) >= 11 is 0. The molecule has 0 unspecified atom stereocenters. The molecule has 1 N–H and O–H groups in total. The Labute approximate surface area is 126 Å². The lowest BCUT2D eigenvalue weighted by Gasteiger charge is -2.32. The molecule has 2 rings (SSSR count). The minimum atomic E-state index is -1.64. The summed E-state index contributed by atoms with van der Waals surface area (Å²) in [4.78, 5) is 13.4. The predicted octanol–water partition coefficient (Wildman–Crippen LogP) is 2.70. The van der Waals surface area contributed by atoms with Gasteiger partial charge in [-0.3, -0.25) is 4.79 Å². The third-order valence-electron chi connectivity index (χ3n) is 4.03. The number of nitrogens with zero attached hydrogens (tertiary/aromatic N) is 1. The van der Waals surface area contributed by atoms with Gasteiger partial charge in [-0.2, -0.15) is 0 Å². The van der Waals surface area contributed by atoms with Crippen molar-refractivity contribution in [3.8, 4) is 0 Å². The number of amides is 1. The molecule has 1 saturated heterocycles. The number of benzene rings is 1. The summed E-state index contributed by atoms with van der Waals surface area (Å²) in [6, 6.07) is 0.103. The molecular formula is C15H18F4N2O. The molecule has 1 aliphatic heterocycles. The standard InChI is InChI=1S/C15H18F4N2O/c1-20-5-2-9-3-6-21(7-4-9)15(22)12-13(18)10(16)8-11(17)14(12)19/h8-9,20H,2-7H2,1H3. The Morgan fingerprint density at radius 1 is 1.18 bits per heavy atom. The smallest absolute Gasteiger partial charge is 0.260 e. The van der Waals surface area contributed by atoms with Gasteiger partial charge in [-0.15, -0.1) is 0 Å². The van der Waals surface area contributed by atoms with Crippen molar-refractivity contribution in [2.45, 2.75) is 19.3 Å². The third kappa shape index (κ3) is 3.40. The molecule has 122 valence electrons. The van der Waals surface area contributed by atoms with Crippen molar-refractivity contribution < 1.29 is 22.4 Å². The minimum absolute atomic E-state index is 0.103. The van der Waals surface area contributed by atoms with E-state index in [0.717, 1.165) is 13.0 Å². The number of piperidine rings is 1. The molecule has 1 aromatic rings. The molecule has 0 aliphatic carbocycles. The Hall–Kier alpha value is -1.63. The van der Waals surface area contributed by atoms with Crippen molar-refractivity contribution in [1.82, 2.24) is 10.2 Å². The zero-order chi connectivity index (χ0) is 16.3. The minimum Gasteiger partial charge on any atom is -0.338 e. The van der Waals surface area contributed by atoms with Gasteiger partial charge in [0, 0.05) is 19.2 Å². The SMILES string of the molecule is CNCCC1CCN(C(=O)c2c(F)c(F)cc(F)c2F)CC1. The molecule has 7 heteroatoms. The Morgan fingerprint density at radius 3 is 2.23 bits per heavy atom. The zero-order valence-electron chi connectivity index (χ0n) is 12.3. The summed E-state index contributed by atoms with van der Waals surface area (Å²) in [5.74, 6) is -6.98. The van der Waals surface area contributed by atoms with Crippen LogP contribution in [0.1, 0.15) is 29.6 Å². The zero-order valence-corrected chi connectivity index (χ0v) is 12.3. The summed E-state index contributed by atoms with van der Waals surface area (Å²) < 4.78 is 53.7. The van der Waals surface area contributed by atoms with Crippen molar-refractivity contribution in [1.29, 1.82) is 0 Å². The van der Waals surface area contributed by atoms with E-state index in [9.17, 15) is 22.4 Å². The van der Waals surface area contributed by atoms with E-state index in [-0.39, 0.29) is 6.07 Å². The maximum atomic E-state index is 13.7. The fourth-order valence-corrected chi connectivity index (χ4v) is 2.69. The molecule has 0 atom stereocenters. The topological polar surface area (TPSA) is 32.3 Å². The van der Waals surface area contributed by atoms with Gasteiger partial charge in [-0.25, -0.2) is 17.6 Å². The van der Waals surface area contributed by atoms with E-state index in [1.807, 2.05) is 7.05 Å². The molecule has 0 spiro atoms. The second-order valence-electron chi connectivity index (χ2n) is 5.47. The van der Waals surface area contributed by atoms with Crippen LogP contribution in [0.3, 0.4) is 0 Å². The van der Waals surface area contributed by atoms with Gasteiger partial charge >= 0.3 is 0 Å². The second-order valence-corrected chi connectivity index (χ2v) is 5.47. The Bertz CT molecular complexity index is 531. The molecule has 1 amide bonds. The summed E-state index contributed by atoms with van der Waals surface area (Å²) in [7, 11) is 1.85. The molecule has 0 saturated carbocycles. The molecule has 0 radical (unpaired) electrons. The van der Waals surface area contributed by atoms with Crippen molar-refractivity contribution in [3.63, 3.8) is 0 Å². The van der Waals surface area contributed by atoms with Crippen molar-refractivity contribution >= 4 is 5.91 Å². The molecular weight excluding hydrogens is 300 g/mol. The number of nitrogens with one attached hydrogen (secondary N) is 1. The largest absolute Gasteiger partial charge is 0.338 e. The average Bonchev–Trinajstić information content (AvgIpc) is 2.51. The van der Waals surface area contributed by atoms with Gasteiger partial charge in [0.2, 0.25) is 0 Å². The molecule has 1 heterocycles. The maximum Gasteiger partial charge on any atom is 0.260 e. The van der Waals surface area contributed by atoms with E-state index in [2.05, 4.69) is 5.32 Å². The van der Waals surface area contributed by atoms with Crippen LogP contribution in [0.15, 0.2) is 6.07 Å². The van der Waals surface area contributed by atoms with Gasteiger partial charge in [-0.05, 0) is 38.8 Å². The normalized spacial score (nSPS) is 16.1. The highest BCUT2D eigenvalue weighted by atomic mass is 19.2. The highest BCUT2D eigenvalue weighted by Gasteiger charge is 2.30. The van der Waals surface area contributed by atoms with E-state index < -0.39 is 34.7 Å². The van der Waals surface area contributed by atoms with Crippen LogP contribution in [0, 0.1) is 29.2 Å². The van der Waals surface area contributed by atoms with E-state index >= 15 is 0 Å². The molecule has 3 nitrogen and oxygen atoms in total. The van der Waals surface area contributed by atoms with E-state index in [1.165, 1.54) is 4.90 Å². The maximum absolute atomic E-state index is 13.7. The number of carbonyl (C=O) groups is 1. The van der Waals surface area contributed by atoms with Gasteiger partial charge < -0.3 is 10.2 Å². The van der Waals surface area contributed by atoms with Gasteiger partial charge in [-0.1, -0.05) is 0 Å². The van der Waals surface area contributed by atoms with Gasteiger partial charge in [0.05, 0.1) is 0 Å². The molecule has 0 bridgehead atoms. The first kappa shape index (κ1) is 16.7. The monoisotopic (exact) mass is 318 g/mol. The number of hydrogen-bond donors (Lipinski definition) is 1. The third-order valence-corrected chi connectivity index (χ3v) is 4.03. The van der Waals surface area contributed by atoms with Crippen LogP contribution < -0.4 is 5.32 Å². The predicted molar refractivity (Wildman–Crippen MR) is 73.4 cm³/mol. The van der Waals surface area contributed by atoms with Crippen LogP contribution in [0.2, 0.25) is 0 Å². The molecule has 0 aromatic heterocycles. The van der Waals surface area contributed by atoms with E-state index in [0.29, 0.717) is 31.8 Å². The number of likely N-dealkylation sites (tertiary alicyclic amines) is 1. The average molecular weight is 318 g/mol. The fraction of sp³-hybridized carbons (Fsp3) is 0.533. The number of halogens is 4. The number of hydrogen-bond acceptors (Lipinski definition) is 2. The van der Waals surface area contributed by atoms with Gasteiger partial charge in [0.25, 0.3) is 5.91 Å². The summed E-state index contributed by atoms with van der Waals surface area (Å²) in [5.41, 5.74) is -1.15. The molecule has 1 aliphatic rings. The Morgan fingerprint density at radius 2 is 1.73 bits per heavy atom. The molecule has 1 fully saturated rings. The highest BCUT2D eigenvalue weighted by Crippen LogP contribution is 2.25. The Balaban J connectivity index is 2.11. The number of carbonyl (C=O) groups excluding carboxylic acids is 1. The quantitative estimate of drug-likeness (QED) is 0.684. The van der Waals surface area contributed by atoms with Crippen molar-refractivity contribution in [2.75, 3.05) is 26.7 Å². The Kier molecular flexibility index (Phi) is 5.39. The second kappa shape index (κ2) is 7.09. The lowest BCUT2D eigenvalue weighted by Crippen LogP contribution is -2.40. The van der Waals surface area contributed by atoms with E-state index in [1.54, 1.807) is 0 Å². The van der Waals surface area contributed by atoms with Crippen LogP contribution in [-0.4, -0.2) is 37.5 Å². The van der Waals surface area contributed by atoms with E-state index in [4.69, 9.17) is 0 Å². The van der Waals surface area contributed by atoms with Gasteiger partial charge in [0.15, 0.2) is 23.3 Å².